The minimum atomic E-state index is -1.51. The molecule has 14 heteroatoms. The van der Waals surface area contributed by atoms with E-state index in [1.807, 2.05) is 0 Å². The summed E-state index contributed by atoms with van der Waals surface area (Å²) in [5.74, 6) is -2.56. The number of ketones is 1. The second-order valence-corrected chi connectivity index (χ2v) is 10.3. The number of rotatable bonds is 11. The predicted molar refractivity (Wildman–Crippen MR) is 151 cm³/mol. The summed E-state index contributed by atoms with van der Waals surface area (Å²) in [5.41, 5.74) is 0.928. The van der Waals surface area contributed by atoms with E-state index in [9.17, 15) is 29.1 Å². The van der Waals surface area contributed by atoms with Gasteiger partial charge < -0.3 is 43.0 Å². The number of phenolic OH excluding ortho intramolecular Hbond substituents is 1. The van der Waals surface area contributed by atoms with Crippen LogP contribution in [0.25, 0.3) is 0 Å². The van der Waals surface area contributed by atoms with Gasteiger partial charge in [0.2, 0.25) is 19.2 Å². The van der Waals surface area contributed by atoms with Gasteiger partial charge in [0.25, 0.3) is 0 Å². The van der Waals surface area contributed by atoms with E-state index in [4.69, 9.17) is 37.9 Å². The van der Waals surface area contributed by atoms with E-state index in [0.29, 0.717) is 17.1 Å². The van der Waals surface area contributed by atoms with Gasteiger partial charge in [-0.1, -0.05) is 13.0 Å². The fraction of sp³-hybridized carbons (Fsp3) is 0.452. The molecule has 0 radical (unpaired) electrons. The van der Waals surface area contributed by atoms with Crippen LogP contribution in [0.4, 0.5) is 0 Å². The summed E-state index contributed by atoms with van der Waals surface area (Å²) in [6.07, 6.45) is -6.82. The van der Waals surface area contributed by atoms with Crippen LogP contribution in [-0.2, 0) is 55.7 Å². The zero-order chi connectivity index (χ0) is 32.8. The Bertz CT molecular complexity index is 1470. The average Bonchev–Trinajstić information content (AvgIpc) is 3.42. The number of benzene rings is 2. The zero-order valence-electron chi connectivity index (χ0n) is 25.4. The normalized spacial score (nSPS) is 21.8. The van der Waals surface area contributed by atoms with Crippen molar-refractivity contribution in [3.8, 4) is 23.0 Å². The van der Waals surface area contributed by atoms with Crippen LogP contribution in [0.1, 0.15) is 56.1 Å². The summed E-state index contributed by atoms with van der Waals surface area (Å²) in [5, 5.41) is 11.2. The van der Waals surface area contributed by atoms with Gasteiger partial charge in [0.05, 0.1) is 5.56 Å². The predicted octanol–water partition coefficient (Wildman–Crippen LogP) is 2.57. The number of hydrogen-bond donors (Lipinski definition) is 1. The van der Waals surface area contributed by atoms with Gasteiger partial charge in [0.15, 0.2) is 29.5 Å². The number of fused-ring (bicyclic) bond motifs is 1. The first-order valence-corrected chi connectivity index (χ1v) is 14.1. The number of Topliss-reactive ketones (excluding diaryl/α,β-unsaturated/α-hetero) is 1. The molecular weight excluding hydrogens is 596 g/mol. The average molecular weight is 631 g/mol. The third-order valence-electron chi connectivity index (χ3n) is 6.89. The molecule has 0 unspecified atom stereocenters. The van der Waals surface area contributed by atoms with Crippen LogP contribution >= 0.6 is 0 Å². The van der Waals surface area contributed by atoms with Crippen LogP contribution in [0.2, 0.25) is 0 Å². The Morgan fingerprint density at radius 1 is 0.822 bits per heavy atom. The Morgan fingerprint density at radius 2 is 1.47 bits per heavy atom. The molecule has 0 amide bonds. The molecule has 45 heavy (non-hydrogen) atoms. The molecular formula is C31H34O14. The highest BCUT2D eigenvalue weighted by Crippen LogP contribution is 2.37. The number of hydrogen-bond acceptors (Lipinski definition) is 14. The molecule has 5 atom stereocenters. The molecule has 2 aliphatic heterocycles. The van der Waals surface area contributed by atoms with Gasteiger partial charge in [-0.3, -0.25) is 24.0 Å². The lowest BCUT2D eigenvalue weighted by molar-refractivity contribution is -0.288. The number of phenols is 1. The summed E-state index contributed by atoms with van der Waals surface area (Å²) in [7, 11) is 0. The van der Waals surface area contributed by atoms with Gasteiger partial charge in [-0.15, -0.1) is 0 Å². The molecule has 1 fully saturated rings. The minimum absolute atomic E-state index is 0.0345. The van der Waals surface area contributed by atoms with E-state index in [0.717, 1.165) is 27.7 Å². The van der Waals surface area contributed by atoms with Gasteiger partial charge in [-0.2, -0.15) is 0 Å². The fourth-order valence-corrected chi connectivity index (χ4v) is 5.04. The summed E-state index contributed by atoms with van der Waals surface area (Å²) in [4.78, 5) is 61.0. The number of esters is 4. The molecule has 0 saturated carbocycles. The summed E-state index contributed by atoms with van der Waals surface area (Å²) in [6, 6.07) is 7.95. The highest BCUT2D eigenvalue weighted by Gasteiger charge is 2.53. The quantitative estimate of drug-likeness (QED) is 0.217. The first kappa shape index (κ1) is 33.1. The number of carbonyl (C=O) groups excluding carboxylic acids is 5. The van der Waals surface area contributed by atoms with Crippen LogP contribution in [0, 0.1) is 0 Å². The van der Waals surface area contributed by atoms with Gasteiger partial charge in [-0.25, -0.2) is 0 Å². The highest BCUT2D eigenvalue weighted by atomic mass is 16.7. The van der Waals surface area contributed by atoms with Gasteiger partial charge >= 0.3 is 23.9 Å². The number of aromatic hydroxyl groups is 1. The van der Waals surface area contributed by atoms with Crippen molar-refractivity contribution >= 4 is 29.7 Å². The molecule has 4 rings (SSSR count). The van der Waals surface area contributed by atoms with E-state index in [1.165, 1.54) is 12.1 Å². The topological polar surface area (TPSA) is 179 Å². The van der Waals surface area contributed by atoms with E-state index in [-0.39, 0.29) is 48.0 Å². The molecule has 0 bridgehead atoms. The number of carbonyl (C=O) groups is 5. The van der Waals surface area contributed by atoms with Crippen molar-refractivity contribution in [1.29, 1.82) is 0 Å². The number of ether oxygens (including phenoxy) is 8. The summed E-state index contributed by atoms with van der Waals surface area (Å²) in [6.45, 7) is 5.87. The lowest BCUT2D eigenvalue weighted by Gasteiger charge is -2.44. The minimum Gasteiger partial charge on any atom is -0.507 e. The maximum atomic E-state index is 13.2. The second-order valence-electron chi connectivity index (χ2n) is 10.3. The van der Waals surface area contributed by atoms with Crippen LogP contribution in [-0.4, -0.2) is 78.9 Å². The SMILES string of the molecule is CCc1c(O[C@@H]2O[C@H](COC(C)=O)[C@H](OC(C)=O)[C@@H](OC(C)=O)[C@H]2OC(C)=O)ccc(C(=O)Cc2ccc3c(c2)OCO3)c1O. The molecule has 2 aromatic rings. The monoisotopic (exact) mass is 630 g/mol. The molecule has 0 spiro atoms. The lowest BCUT2D eigenvalue weighted by Crippen LogP contribution is -2.63. The van der Waals surface area contributed by atoms with E-state index in [1.54, 1.807) is 25.1 Å². The van der Waals surface area contributed by atoms with Crippen molar-refractivity contribution < 1.29 is 67.0 Å². The van der Waals surface area contributed by atoms with Gasteiger partial charge in [0, 0.05) is 39.7 Å². The van der Waals surface area contributed by atoms with E-state index < -0.39 is 61.2 Å². The van der Waals surface area contributed by atoms with Crippen LogP contribution in [0.5, 0.6) is 23.0 Å². The third-order valence-corrected chi connectivity index (χ3v) is 6.89. The maximum Gasteiger partial charge on any atom is 0.303 e. The van der Waals surface area contributed by atoms with Crippen molar-refractivity contribution in [2.24, 2.45) is 0 Å². The molecule has 1 N–H and O–H groups in total. The molecule has 1 saturated heterocycles. The van der Waals surface area contributed by atoms with Crippen LogP contribution < -0.4 is 14.2 Å². The molecule has 242 valence electrons. The van der Waals surface area contributed by atoms with Gasteiger partial charge in [0.1, 0.15) is 24.2 Å². The van der Waals surface area contributed by atoms with Crippen molar-refractivity contribution in [1.82, 2.24) is 0 Å². The van der Waals surface area contributed by atoms with Crippen molar-refractivity contribution in [2.75, 3.05) is 13.4 Å². The van der Waals surface area contributed by atoms with E-state index in [2.05, 4.69) is 0 Å². The Morgan fingerprint density at radius 3 is 2.11 bits per heavy atom. The fourth-order valence-electron chi connectivity index (χ4n) is 5.04. The Balaban J connectivity index is 1.65. The van der Waals surface area contributed by atoms with Crippen molar-refractivity contribution in [3.63, 3.8) is 0 Å². The smallest absolute Gasteiger partial charge is 0.303 e. The molecule has 2 heterocycles. The second kappa shape index (κ2) is 14.3. The van der Waals surface area contributed by atoms with Crippen LogP contribution in [0.3, 0.4) is 0 Å². The maximum absolute atomic E-state index is 13.2. The molecule has 2 aromatic carbocycles. The Hall–Kier alpha value is -4.85. The molecule has 14 nitrogen and oxygen atoms in total. The summed E-state index contributed by atoms with van der Waals surface area (Å²) < 4.78 is 44.1. The largest absolute Gasteiger partial charge is 0.507 e. The Labute approximate surface area is 258 Å². The third kappa shape index (κ3) is 8.01. The van der Waals surface area contributed by atoms with Crippen molar-refractivity contribution in [2.45, 2.75) is 78.2 Å². The first-order chi connectivity index (χ1) is 21.4. The molecule has 0 aromatic heterocycles. The first-order valence-electron chi connectivity index (χ1n) is 14.1. The standard InChI is InChI=1S/C31H34O14/c1-6-20-23(10-8-21(27(20)37)22(36)11-19-7-9-24-25(12-19)40-14-39-24)44-31-30(43-18(5)35)29(42-17(4)34)28(41-16(3)33)26(45-31)13-38-15(2)32/h7-10,12,26,28-31,37H,6,11,13-14H2,1-5H3/t26-,28+,29-,30-,31-/m1/s1. The molecule has 0 aliphatic carbocycles. The lowest BCUT2D eigenvalue weighted by atomic mass is 9.97. The Kier molecular flexibility index (Phi) is 10.5. The van der Waals surface area contributed by atoms with Gasteiger partial charge in [-0.05, 0) is 36.2 Å². The van der Waals surface area contributed by atoms with Crippen LogP contribution in [0.15, 0.2) is 30.3 Å². The highest BCUT2D eigenvalue weighted by molar-refractivity contribution is 6.00. The summed E-state index contributed by atoms with van der Waals surface area (Å²) >= 11 is 0. The molecule has 2 aliphatic rings. The van der Waals surface area contributed by atoms with E-state index >= 15 is 0 Å². The van der Waals surface area contributed by atoms with Crippen molar-refractivity contribution in [3.05, 3.63) is 47.0 Å². The zero-order valence-corrected chi connectivity index (χ0v) is 25.4.